The summed E-state index contributed by atoms with van der Waals surface area (Å²) in [5, 5.41) is 3.48. The van der Waals surface area contributed by atoms with Gasteiger partial charge in [-0.1, -0.05) is 27.7 Å². The molecule has 0 aliphatic carbocycles. The van der Waals surface area contributed by atoms with Crippen molar-refractivity contribution in [2.45, 2.75) is 46.8 Å². The highest BCUT2D eigenvalue weighted by Crippen LogP contribution is 2.30. The van der Waals surface area contributed by atoms with Crippen LogP contribution in [0.1, 0.15) is 41.0 Å². The fourth-order valence-corrected chi connectivity index (χ4v) is 1.95. The lowest BCUT2D eigenvalue weighted by Gasteiger charge is -2.41. The molecule has 1 rings (SSSR count). The van der Waals surface area contributed by atoms with Crippen molar-refractivity contribution in [3.8, 4) is 0 Å². The highest BCUT2D eigenvalue weighted by atomic mass is 16.5. The Kier molecular flexibility index (Phi) is 3.03. The third kappa shape index (κ3) is 3.65. The van der Waals surface area contributed by atoms with E-state index in [4.69, 9.17) is 4.74 Å². The molecule has 0 aromatic heterocycles. The van der Waals surface area contributed by atoms with Crippen molar-refractivity contribution in [1.82, 2.24) is 5.32 Å². The number of rotatable bonds is 1. The monoisotopic (exact) mass is 185 g/mol. The molecule has 1 fully saturated rings. The Morgan fingerprint density at radius 2 is 2.08 bits per heavy atom. The van der Waals surface area contributed by atoms with Crippen LogP contribution < -0.4 is 5.32 Å². The molecular weight excluding hydrogens is 162 g/mol. The van der Waals surface area contributed by atoms with Crippen LogP contribution in [0.3, 0.4) is 0 Å². The molecule has 1 saturated heterocycles. The zero-order valence-electron chi connectivity index (χ0n) is 9.61. The smallest absolute Gasteiger partial charge is 0.116 e. The largest absolute Gasteiger partial charge is 0.361 e. The van der Waals surface area contributed by atoms with E-state index < -0.39 is 0 Å². The molecule has 78 valence electrons. The fourth-order valence-electron chi connectivity index (χ4n) is 1.95. The minimum Gasteiger partial charge on any atom is -0.361 e. The summed E-state index contributed by atoms with van der Waals surface area (Å²) in [5.74, 6) is 0.646. The first kappa shape index (κ1) is 11.0. The molecule has 2 nitrogen and oxygen atoms in total. The number of hydrogen-bond acceptors (Lipinski definition) is 2. The summed E-state index contributed by atoms with van der Waals surface area (Å²) in [6, 6.07) is 0. The molecule has 2 heteroatoms. The van der Waals surface area contributed by atoms with Gasteiger partial charge in [0.05, 0.1) is 6.61 Å². The quantitative estimate of drug-likeness (QED) is 0.677. The maximum Gasteiger partial charge on any atom is 0.116 e. The Bertz CT molecular complexity index is 163. The van der Waals surface area contributed by atoms with Gasteiger partial charge in [0.2, 0.25) is 0 Å². The van der Waals surface area contributed by atoms with Gasteiger partial charge in [0.15, 0.2) is 0 Å². The van der Waals surface area contributed by atoms with Crippen LogP contribution >= 0.6 is 0 Å². The third-order valence-electron chi connectivity index (χ3n) is 2.38. The van der Waals surface area contributed by atoms with E-state index in [-0.39, 0.29) is 5.72 Å². The van der Waals surface area contributed by atoms with E-state index in [1.807, 2.05) is 0 Å². The van der Waals surface area contributed by atoms with E-state index in [0.29, 0.717) is 11.3 Å². The molecule has 0 bridgehead atoms. The molecule has 0 aromatic rings. The maximum atomic E-state index is 5.84. The average molecular weight is 185 g/mol. The zero-order chi connectivity index (χ0) is 10.1. The highest BCUT2D eigenvalue weighted by molar-refractivity contribution is 4.83. The van der Waals surface area contributed by atoms with Gasteiger partial charge < -0.3 is 4.74 Å². The van der Waals surface area contributed by atoms with Gasteiger partial charge in [0, 0.05) is 6.54 Å². The van der Waals surface area contributed by atoms with Gasteiger partial charge in [-0.05, 0) is 24.7 Å². The Hall–Kier alpha value is -0.0800. The predicted octanol–water partition coefficient (Wildman–Crippen LogP) is 2.39. The molecule has 13 heavy (non-hydrogen) atoms. The summed E-state index contributed by atoms with van der Waals surface area (Å²) in [6.45, 7) is 13.1. The maximum absolute atomic E-state index is 5.84. The summed E-state index contributed by atoms with van der Waals surface area (Å²) >= 11 is 0. The third-order valence-corrected chi connectivity index (χ3v) is 2.38. The fraction of sp³-hybridized carbons (Fsp3) is 1.00. The summed E-state index contributed by atoms with van der Waals surface area (Å²) in [5.41, 5.74) is 0.215. The lowest BCUT2D eigenvalue weighted by molar-refractivity contribution is -0.119. The van der Waals surface area contributed by atoms with Gasteiger partial charge >= 0.3 is 0 Å². The normalized spacial score (nSPS) is 36.2. The Morgan fingerprint density at radius 3 is 2.46 bits per heavy atom. The molecule has 0 radical (unpaired) electrons. The minimum absolute atomic E-state index is 0.106. The molecule has 0 spiro atoms. The highest BCUT2D eigenvalue weighted by Gasteiger charge is 2.33. The summed E-state index contributed by atoms with van der Waals surface area (Å²) < 4.78 is 5.84. The van der Waals surface area contributed by atoms with Crippen molar-refractivity contribution in [2.75, 3.05) is 13.2 Å². The lowest BCUT2D eigenvalue weighted by atomic mass is 9.86. The van der Waals surface area contributed by atoms with E-state index in [9.17, 15) is 0 Å². The molecule has 2 unspecified atom stereocenters. The van der Waals surface area contributed by atoms with E-state index in [1.165, 1.54) is 0 Å². The second-order valence-electron chi connectivity index (χ2n) is 5.77. The summed E-state index contributed by atoms with van der Waals surface area (Å²) in [4.78, 5) is 0. The molecule has 0 saturated carbocycles. The first-order chi connectivity index (χ1) is 5.81. The first-order valence-electron chi connectivity index (χ1n) is 5.20. The van der Waals surface area contributed by atoms with Crippen LogP contribution in [0.25, 0.3) is 0 Å². The van der Waals surface area contributed by atoms with Gasteiger partial charge in [0.25, 0.3) is 0 Å². The van der Waals surface area contributed by atoms with Crippen molar-refractivity contribution in [1.29, 1.82) is 0 Å². The van der Waals surface area contributed by atoms with Gasteiger partial charge in [-0.25, -0.2) is 0 Å². The summed E-state index contributed by atoms with van der Waals surface area (Å²) in [6.07, 6.45) is 1.06. The van der Waals surface area contributed by atoms with Crippen molar-refractivity contribution < 1.29 is 4.74 Å². The van der Waals surface area contributed by atoms with E-state index in [2.05, 4.69) is 39.9 Å². The van der Waals surface area contributed by atoms with Crippen LogP contribution in [0.5, 0.6) is 0 Å². The number of nitrogens with one attached hydrogen (secondary N) is 1. The zero-order valence-corrected chi connectivity index (χ0v) is 9.61. The summed E-state index contributed by atoms with van der Waals surface area (Å²) in [7, 11) is 0. The van der Waals surface area contributed by atoms with Crippen LogP contribution in [0, 0.1) is 11.3 Å². The molecule has 0 amide bonds. The SMILES string of the molecule is CC1CNC(C)(CC(C)(C)C)OC1. The van der Waals surface area contributed by atoms with Gasteiger partial charge in [-0.2, -0.15) is 0 Å². The van der Waals surface area contributed by atoms with E-state index >= 15 is 0 Å². The van der Waals surface area contributed by atoms with Crippen molar-refractivity contribution >= 4 is 0 Å². The van der Waals surface area contributed by atoms with Crippen LogP contribution in [0.4, 0.5) is 0 Å². The van der Waals surface area contributed by atoms with Gasteiger partial charge in [0.1, 0.15) is 5.72 Å². The standard InChI is InChI=1S/C11H23NO/c1-9-6-12-11(5,13-7-9)8-10(2,3)4/h9,12H,6-8H2,1-5H3. The van der Waals surface area contributed by atoms with E-state index in [0.717, 1.165) is 19.6 Å². The Balaban J connectivity index is 2.48. The Labute approximate surface area is 82.0 Å². The molecule has 2 atom stereocenters. The van der Waals surface area contributed by atoms with Gasteiger partial charge in [-0.15, -0.1) is 0 Å². The van der Waals surface area contributed by atoms with Crippen molar-refractivity contribution in [3.63, 3.8) is 0 Å². The lowest BCUT2D eigenvalue weighted by Crippen LogP contribution is -2.53. The van der Waals surface area contributed by atoms with Crippen LogP contribution in [-0.2, 0) is 4.74 Å². The molecule has 1 N–H and O–H groups in total. The first-order valence-corrected chi connectivity index (χ1v) is 5.20. The second kappa shape index (κ2) is 3.58. The van der Waals surface area contributed by atoms with Crippen molar-refractivity contribution in [3.05, 3.63) is 0 Å². The predicted molar refractivity (Wildman–Crippen MR) is 55.6 cm³/mol. The number of ether oxygens (including phenoxy) is 1. The second-order valence-corrected chi connectivity index (χ2v) is 5.77. The molecular formula is C11H23NO. The van der Waals surface area contributed by atoms with Gasteiger partial charge in [-0.3, -0.25) is 5.32 Å². The molecule has 1 aliphatic heterocycles. The molecule has 0 aromatic carbocycles. The van der Waals surface area contributed by atoms with E-state index in [1.54, 1.807) is 0 Å². The topological polar surface area (TPSA) is 21.3 Å². The number of hydrogen-bond donors (Lipinski definition) is 1. The molecule has 1 heterocycles. The van der Waals surface area contributed by atoms with Crippen LogP contribution in [0.2, 0.25) is 0 Å². The van der Waals surface area contributed by atoms with Crippen LogP contribution in [0.15, 0.2) is 0 Å². The Morgan fingerprint density at radius 1 is 1.46 bits per heavy atom. The van der Waals surface area contributed by atoms with Crippen molar-refractivity contribution in [2.24, 2.45) is 11.3 Å². The molecule has 1 aliphatic rings. The minimum atomic E-state index is -0.106. The van der Waals surface area contributed by atoms with Crippen LogP contribution in [-0.4, -0.2) is 18.9 Å². The average Bonchev–Trinajstić information content (AvgIpc) is 1.92.